The smallest absolute Gasteiger partial charge is 0.0952 e. The summed E-state index contributed by atoms with van der Waals surface area (Å²) in [6, 6.07) is 0. The van der Waals surface area contributed by atoms with Crippen molar-refractivity contribution in [3.05, 3.63) is 0 Å². The molecule has 0 aliphatic heterocycles. The summed E-state index contributed by atoms with van der Waals surface area (Å²) in [6.07, 6.45) is 0. The Hall–Kier alpha value is 0.870. The van der Waals surface area contributed by atoms with Gasteiger partial charge in [-0.25, -0.2) is 0 Å². The van der Waals surface area contributed by atoms with Crippen molar-refractivity contribution in [2.75, 3.05) is 13.3 Å². The summed E-state index contributed by atoms with van der Waals surface area (Å²) in [4.78, 5) is 0. The summed E-state index contributed by atoms with van der Waals surface area (Å²) in [5.41, 5.74) is 0. The summed E-state index contributed by atoms with van der Waals surface area (Å²) >= 11 is 3.28. The molecule has 0 fully saturated rings. The van der Waals surface area contributed by atoms with Crippen LogP contribution in [0.4, 0.5) is 0 Å². The monoisotopic (exact) mass is 170 g/mol. The lowest BCUT2D eigenvalue weighted by atomic mass is 10.9. The number of hydrogen-bond acceptors (Lipinski definition) is 1. The first-order valence-electron chi connectivity index (χ1n) is 1.79. The molecule has 6 heavy (non-hydrogen) atoms. The molecule has 0 rings (SSSR count). The number of halogens is 1. The molecule has 1 nitrogen and oxygen atoms in total. The number of hydrogen-bond donors (Lipinski definition) is 0. The average molecular weight is 171 g/mol. The second-order valence-electron chi connectivity index (χ2n) is 0.838. The van der Waals surface area contributed by atoms with Crippen LogP contribution in [-0.2, 0) is 4.52 Å². The summed E-state index contributed by atoms with van der Waals surface area (Å²) < 4.78 is 5.02. The van der Waals surface area contributed by atoms with E-state index in [0.717, 1.165) is 6.61 Å². The second kappa shape index (κ2) is 4.04. The lowest BCUT2D eigenvalue weighted by Gasteiger charge is -1.97. The first kappa shape index (κ1) is 6.87. The van der Waals surface area contributed by atoms with Crippen LogP contribution in [0.3, 0.4) is 0 Å². The van der Waals surface area contributed by atoms with Crippen molar-refractivity contribution >= 4 is 22.3 Å². The Kier molecular flexibility index (Phi) is 4.63. The lowest BCUT2D eigenvalue weighted by Crippen LogP contribution is -1.73. The highest BCUT2D eigenvalue weighted by atomic mass is 79.9. The zero-order valence-electron chi connectivity index (χ0n) is 3.94. The van der Waals surface area contributed by atoms with Crippen molar-refractivity contribution in [1.29, 1.82) is 0 Å². The molecule has 0 aliphatic carbocycles. The standard InChI is InChI=1S/C3H8BrOP/c1-3-5-6(2)4/h3H2,1-2H3. The van der Waals surface area contributed by atoms with Gasteiger partial charge in [-0.05, 0) is 29.1 Å². The van der Waals surface area contributed by atoms with Crippen LogP contribution in [0.5, 0.6) is 0 Å². The molecule has 0 radical (unpaired) electrons. The molecule has 0 bridgehead atoms. The minimum Gasteiger partial charge on any atom is -0.348 e. The van der Waals surface area contributed by atoms with Gasteiger partial charge in [0.15, 0.2) is 0 Å². The molecule has 0 aromatic heterocycles. The van der Waals surface area contributed by atoms with E-state index >= 15 is 0 Å². The third kappa shape index (κ3) is 4.87. The predicted molar refractivity (Wildman–Crippen MR) is 33.4 cm³/mol. The van der Waals surface area contributed by atoms with Crippen molar-refractivity contribution < 1.29 is 4.52 Å². The van der Waals surface area contributed by atoms with E-state index < -0.39 is 0 Å². The molecule has 38 valence electrons. The van der Waals surface area contributed by atoms with E-state index in [1.54, 1.807) is 0 Å². The molecular weight excluding hydrogens is 163 g/mol. The van der Waals surface area contributed by atoms with Crippen molar-refractivity contribution in [3.8, 4) is 0 Å². The third-order valence-electron chi connectivity index (χ3n) is 0.307. The molecule has 1 unspecified atom stereocenters. The Bertz CT molecular complexity index is 32.0. The SMILES string of the molecule is CCOP(C)Br. The van der Waals surface area contributed by atoms with Crippen molar-refractivity contribution in [1.82, 2.24) is 0 Å². The van der Waals surface area contributed by atoms with Crippen LogP contribution in [0.1, 0.15) is 6.92 Å². The minimum absolute atomic E-state index is 0.288. The zero-order valence-corrected chi connectivity index (χ0v) is 6.42. The van der Waals surface area contributed by atoms with E-state index in [4.69, 9.17) is 4.52 Å². The van der Waals surface area contributed by atoms with Gasteiger partial charge in [-0.1, -0.05) is 0 Å². The number of rotatable bonds is 2. The maximum absolute atomic E-state index is 5.02. The second-order valence-corrected chi connectivity index (χ2v) is 4.93. The first-order valence-corrected chi connectivity index (χ1v) is 5.52. The summed E-state index contributed by atoms with van der Waals surface area (Å²) in [5, 5.41) is 0. The van der Waals surface area contributed by atoms with Crippen LogP contribution in [0.25, 0.3) is 0 Å². The van der Waals surface area contributed by atoms with Crippen LogP contribution >= 0.6 is 22.3 Å². The highest BCUT2D eigenvalue weighted by Crippen LogP contribution is 2.39. The van der Waals surface area contributed by atoms with Gasteiger partial charge in [-0.2, -0.15) is 0 Å². The van der Waals surface area contributed by atoms with Gasteiger partial charge in [-0.15, -0.1) is 0 Å². The van der Waals surface area contributed by atoms with Gasteiger partial charge < -0.3 is 4.52 Å². The van der Waals surface area contributed by atoms with Gasteiger partial charge in [0, 0.05) is 6.61 Å². The molecule has 0 N–H and O–H groups in total. The summed E-state index contributed by atoms with van der Waals surface area (Å²) in [7, 11) is 0. The van der Waals surface area contributed by atoms with Gasteiger partial charge in [0.05, 0.1) is 6.85 Å². The van der Waals surface area contributed by atoms with Crippen LogP contribution in [0.15, 0.2) is 0 Å². The highest BCUT2D eigenvalue weighted by molar-refractivity contribution is 9.38. The Morgan fingerprint density at radius 1 is 1.83 bits per heavy atom. The minimum atomic E-state index is -0.288. The Morgan fingerprint density at radius 3 is 2.33 bits per heavy atom. The highest BCUT2D eigenvalue weighted by Gasteiger charge is 1.86. The molecule has 0 spiro atoms. The van der Waals surface area contributed by atoms with Crippen LogP contribution in [-0.4, -0.2) is 13.3 Å². The van der Waals surface area contributed by atoms with Gasteiger partial charge in [-0.3, -0.25) is 0 Å². The van der Waals surface area contributed by atoms with E-state index in [2.05, 4.69) is 15.5 Å². The Labute approximate surface area is 47.6 Å². The molecule has 0 aromatic carbocycles. The zero-order chi connectivity index (χ0) is 4.99. The summed E-state index contributed by atoms with van der Waals surface area (Å²) in [6.45, 7) is 4.52. The quantitative estimate of drug-likeness (QED) is 0.579. The van der Waals surface area contributed by atoms with Crippen LogP contribution in [0, 0.1) is 0 Å². The van der Waals surface area contributed by atoms with E-state index in [1.807, 2.05) is 13.6 Å². The molecule has 0 heterocycles. The van der Waals surface area contributed by atoms with E-state index in [0.29, 0.717) is 0 Å². The molecular formula is C3H8BrOP. The van der Waals surface area contributed by atoms with Gasteiger partial charge >= 0.3 is 0 Å². The largest absolute Gasteiger partial charge is 0.348 e. The van der Waals surface area contributed by atoms with Crippen molar-refractivity contribution in [3.63, 3.8) is 0 Å². The van der Waals surface area contributed by atoms with E-state index in [9.17, 15) is 0 Å². The normalized spacial score (nSPS) is 14.5. The Balaban J connectivity index is 2.63. The van der Waals surface area contributed by atoms with Gasteiger partial charge in [0.1, 0.15) is 0 Å². The predicted octanol–water partition coefficient (Wildman–Crippen LogP) is 2.36. The van der Waals surface area contributed by atoms with E-state index in [-0.39, 0.29) is 6.85 Å². The molecule has 1 atom stereocenters. The topological polar surface area (TPSA) is 9.23 Å². The molecule has 0 aromatic rings. The molecule has 3 heteroatoms. The maximum Gasteiger partial charge on any atom is 0.0952 e. The van der Waals surface area contributed by atoms with Crippen molar-refractivity contribution in [2.24, 2.45) is 0 Å². The molecule has 0 saturated carbocycles. The van der Waals surface area contributed by atoms with Crippen molar-refractivity contribution in [2.45, 2.75) is 6.92 Å². The fourth-order valence-corrected chi connectivity index (χ4v) is 1.15. The van der Waals surface area contributed by atoms with E-state index in [1.165, 1.54) is 0 Å². The lowest BCUT2D eigenvalue weighted by molar-refractivity contribution is 0.390. The molecule has 0 aliphatic rings. The molecule has 0 saturated heterocycles. The third-order valence-corrected chi connectivity index (χ3v) is 1.54. The Morgan fingerprint density at radius 2 is 2.33 bits per heavy atom. The first-order chi connectivity index (χ1) is 2.77. The van der Waals surface area contributed by atoms with Crippen LogP contribution in [0.2, 0.25) is 0 Å². The van der Waals surface area contributed by atoms with Gasteiger partial charge in [0.2, 0.25) is 0 Å². The maximum atomic E-state index is 5.02. The van der Waals surface area contributed by atoms with Gasteiger partial charge in [0.25, 0.3) is 0 Å². The fourth-order valence-electron chi connectivity index (χ4n) is 0.178. The molecule has 0 amide bonds. The average Bonchev–Trinajstić information content (AvgIpc) is 1.35. The summed E-state index contributed by atoms with van der Waals surface area (Å²) in [5.74, 6) is 0. The fraction of sp³-hybridized carbons (Fsp3) is 1.00. The van der Waals surface area contributed by atoms with Crippen LogP contribution < -0.4 is 0 Å².